The van der Waals surface area contributed by atoms with Crippen molar-refractivity contribution in [1.29, 1.82) is 0 Å². The number of carbonyl (C=O) groups is 1. The Balaban J connectivity index is 2.81. The average Bonchev–Trinajstić information content (AvgIpc) is 2.36. The van der Waals surface area contributed by atoms with Crippen LogP contribution in [-0.2, 0) is 4.79 Å². The van der Waals surface area contributed by atoms with E-state index in [1.54, 1.807) is 31.1 Å². The Morgan fingerprint density at radius 3 is 2.45 bits per heavy atom. The van der Waals surface area contributed by atoms with Gasteiger partial charge < -0.3 is 10.0 Å². The molecule has 4 nitrogen and oxygen atoms in total. The summed E-state index contributed by atoms with van der Waals surface area (Å²) in [6.45, 7) is 6.22. The number of hydrogen-bond donors (Lipinski definition) is 2. The van der Waals surface area contributed by atoms with Crippen molar-refractivity contribution in [2.24, 2.45) is 5.92 Å². The Morgan fingerprint density at radius 2 is 1.95 bits per heavy atom. The van der Waals surface area contributed by atoms with Crippen molar-refractivity contribution in [3.05, 3.63) is 29.8 Å². The van der Waals surface area contributed by atoms with Gasteiger partial charge in [-0.1, -0.05) is 26.0 Å². The molecule has 0 aromatic heterocycles. The summed E-state index contributed by atoms with van der Waals surface area (Å²) in [6, 6.07) is 6.94. The molecule has 2 unspecified atom stereocenters. The lowest BCUT2D eigenvalue weighted by atomic mass is 10.00. The molecule has 0 heterocycles. The first kappa shape index (κ1) is 16.5. The molecule has 20 heavy (non-hydrogen) atoms. The molecule has 2 atom stereocenters. The third-order valence-electron chi connectivity index (χ3n) is 3.27. The zero-order chi connectivity index (χ0) is 15.3. The minimum atomic E-state index is -0.206. The van der Waals surface area contributed by atoms with Crippen LogP contribution in [0.15, 0.2) is 24.3 Å². The van der Waals surface area contributed by atoms with E-state index in [0.29, 0.717) is 5.92 Å². The summed E-state index contributed by atoms with van der Waals surface area (Å²) in [6.07, 6.45) is 0.792. The first-order valence-electron chi connectivity index (χ1n) is 7.07. The van der Waals surface area contributed by atoms with Gasteiger partial charge in [0.25, 0.3) is 0 Å². The topological polar surface area (TPSA) is 52.6 Å². The molecule has 0 radical (unpaired) electrons. The summed E-state index contributed by atoms with van der Waals surface area (Å²) in [4.78, 5) is 13.8. The van der Waals surface area contributed by atoms with Gasteiger partial charge in [0.05, 0.1) is 6.04 Å². The summed E-state index contributed by atoms with van der Waals surface area (Å²) >= 11 is 0. The molecule has 1 aromatic carbocycles. The van der Waals surface area contributed by atoms with Gasteiger partial charge in [-0.25, -0.2) is 0 Å². The number of phenolic OH excluding ortho intramolecular Hbond substituents is 1. The molecule has 0 aliphatic carbocycles. The molecule has 0 saturated carbocycles. The van der Waals surface area contributed by atoms with E-state index in [9.17, 15) is 9.90 Å². The summed E-state index contributed by atoms with van der Waals surface area (Å²) in [7, 11) is 3.55. The fraction of sp³-hybridized carbons (Fsp3) is 0.562. The molecule has 0 fully saturated rings. The monoisotopic (exact) mass is 278 g/mol. The average molecular weight is 278 g/mol. The van der Waals surface area contributed by atoms with Gasteiger partial charge in [0.2, 0.25) is 5.91 Å². The molecule has 1 aromatic rings. The van der Waals surface area contributed by atoms with Crippen LogP contribution in [0.5, 0.6) is 5.75 Å². The van der Waals surface area contributed by atoms with Gasteiger partial charge in [0, 0.05) is 20.1 Å². The normalized spacial score (nSPS) is 14.1. The van der Waals surface area contributed by atoms with Gasteiger partial charge in [0.15, 0.2) is 0 Å². The van der Waals surface area contributed by atoms with Crippen LogP contribution in [0.2, 0.25) is 0 Å². The number of rotatable bonds is 6. The fourth-order valence-electron chi connectivity index (χ4n) is 2.22. The summed E-state index contributed by atoms with van der Waals surface area (Å²) in [5.41, 5.74) is 0.977. The minimum Gasteiger partial charge on any atom is -0.508 e. The summed E-state index contributed by atoms with van der Waals surface area (Å²) in [5, 5.41) is 12.9. The number of phenols is 1. The lowest BCUT2D eigenvalue weighted by molar-refractivity contribution is -0.131. The van der Waals surface area contributed by atoms with Crippen molar-refractivity contribution >= 4 is 5.91 Å². The molecule has 1 rings (SSSR count). The Morgan fingerprint density at radius 1 is 1.30 bits per heavy atom. The molecule has 4 heteroatoms. The maximum absolute atomic E-state index is 12.2. The predicted octanol–water partition coefficient (Wildman–Crippen LogP) is 2.55. The predicted molar refractivity (Wildman–Crippen MR) is 81.6 cm³/mol. The molecule has 0 saturated heterocycles. The van der Waals surface area contributed by atoms with Crippen LogP contribution in [0.25, 0.3) is 0 Å². The first-order chi connectivity index (χ1) is 9.31. The smallest absolute Gasteiger partial charge is 0.239 e. The zero-order valence-corrected chi connectivity index (χ0v) is 13.1. The number of nitrogens with zero attached hydrogens (tertiary/aromatic N) is 1. The van der Waals surface area contributed by atoms with E-state index < -0.39 is 0 Å². The molecule has 112 valence electrons. The Hall–Kier alpha value is -1.55. The van der Waals surface area contributed by atoms with Crippen molar-refractivity contribution in [2.45, 2.75) is 39.3 Å². The highest BCUT2D eigenvalue weighted by molar-refractivity contribution is 5.81. The molecule has 0 bridgehead atoms. The lowest BCUT2D eigenvalue weighted by Crippen LogP contribution is -2.45. The zero-order valence-electron chi connectivity index (χ0n) is 13.1. The van der Waals surface area contributed by atoms with Gasteiger partial charge in [-0.05, 0) is 37.0 Å². The molecule has 0 aliphatic rings. The van der Waals surface area contributed by atoms with Crippen LogP contribution in [0.1, 0.15) is 38.8 Å². The van der Waals surface area contributed by atoms with Gasteiger partial charge in [-0.3, -0.25) is 10.1 Å². The molecule has 2 N–H and O–H groups in total. The second-order valence-electron chi connectivity index (χ2n) is 5.90. The second-order valence-corrected chi connectivity index (χ2v) is 5.90. The number of nitrogens with one attached hydrogen (secondary N) is 1. The molecular weight excluding hydrogens is 252 g/mol. The first-order valence-corrected chi connectivity index (χ1v) is 7.07. The van der Waals surface area contributed by atoms with E-state index in [-0.39, 0.29) is 23.7 Å². The van der Waals surface area contributed by atoms with Crippen molar-refractivity contribution in [3.63, 3.8) is 0 Å². The van der Waals surface area contributed by atoms with Gasteiger partial charge in [0.1, 0.15) is 5.75 Å². The van der Waals surface area contributed by atoms with Crippen LogP contribution < -0.4 is 5.32 Å². The Labute approximate surface area is 121 Å². The maximum atomic E-state index is 12.2. The number of likely N-dealkylation sites (N-methyl/N-ethyl adjacent to an activating group) is 1. The number of amides is 1. The van der Waals surface area contributed by atoms with Crippen LogP contribution in [0, 0.1) is 5.92 Å². The molecular formula is C16H26N2O2. The minimum absolute atomic E-state index is 0.00903. The second kappa shape index (κ2) is 7.29. The van der Waals surface area contributed by atoms with E-state index in [1.165, 1.54) is 0 Å². The SMILES string of the molecule is CC(C)CC(NC(C)c1cccc(O)c1)C(=O)N(C)C. The maximum Gasteiger partial charge on any atom is 0.239 e. The van der Waals surface area contributed by atoms with Gasteiger partial charge >= 0.3 is 0 Å². The van der Waals surface area contributed by atoms with Crippen molar-refractivity contribution in [1.82, 2.24) is 10.2 Å². The fourth-order valence-corrected chi connectivity index (χ4v) is 2.22. The van der Waals surface area contributed by atoms with Crippen LogP contribution in [0.3, 0.4) is 0 Å². The third kappa shape index (κ3) is 4.85. The molecule has 0 aliphatic heterocycles. The van der Waals surface area contributed by atoms with Crippen LogP contribution >= 0.6 is 0 Å². The molecule has 1 amide bonds. The van der Waals surface area contributed by atoms with Crippen molar-refractivity contribution < 1.29 is 9.90 Å². The number of hydrogen-bond acceptors (Lipinski definition) is 3. The van der Waals surface area contributed by atoms with E-state index in [4.69, 9.17) is 0 Å². The van der Waals surface area contributed by atoms with Crippen molar-refractivity contribution in [3.8, 4) is 5.75 Å². The van der Waals surface area contributed by atoms with Gasteiger partial charge in [-0.15, -0.1) is 0 Å². The number of carbonyl (C=O) groups excluding carboxylic acids is 1. The molecule has 0 spiro atoms. The number of benzene rings is 1. The third-order valence-corrected chi connectivity index (χ3v) is 3.27. The highest BCUT2D eigenvalue weighted by Crippen LogP contribution is 2.19. The van der Waals surface area contributed by atoms with Crippen LogP contribution in [0.4, 0.5) is 0 Å². The summed E-state index contributed by atoms with van der Waals surface area (Å²) < 4.78 is 0. The summed E-state index contributed by atoms with van der Waals surface area (Å²) in [5.74, 6) is 0.772. The van der Waals surface area contributed by atoms with E-state index >= 15 is 0 Å². The quantitative estimate of drug-likeness (QED) is 0.841. The lowest BCUT2D eigenvalue weighted by Gasteiger charge is -2.26. The van der Waals surface area contributed by atoms with Crippen molar-refractivity contribution in [2.75, 3.05) is 14.1 Å². The highest BCUT2D eigenvalue weighted by atomic mass is 16.3. The van der Waals surface area contributed by atoms with E-state index in [0.717, 1.165) is 12.0 Å². The van der Waals surface area contributed by atoms with E-state index in [2.05, 4.69) is 19.2 Å². The van der Waals surface area contributed by atoms with E-state index in [1.807, 2.05) is 19.1 Å². The van der Waals surface area contributed by atoms with Crippen LogP contribution in [-0.4, -0.2) is 36.1 Å². The Bertz CT molecular complexity index is 444. The van der Waals surface area contributed by atoms with Gasteiger partial charge in [-0.2, -0.15) is 0 Å². The highest BCUT2D eigenvalue weighted by Gasteiger charge is 2.23. The largest absolute Gasteiger partial charge is 0.508 e. The number of aromatic hydroxyl groups is 1. The standard InChI is InChI=1S/C16H26N2O2/c1-11(2)9-15(16(20)18(4)5)17-12(3)13-7-6-8-14(19)10-13/h6-8,10-12,15,17,19H,9H2,1-5H3. The Kier molecular flexibility index (Phi) is 6.02.